The van der Waals surface area contributed by atoms with Gasteiger partial charge in [0.1, 0.15) is 12.7 Å². The molecule has 1 amide bonds. The smallest absolute Gasteiger partial charge is 0.431 e. The standard InChI is InChI=1S/C8H15NO4/c1-8(2,3)6-5(10)4-13-9(6)7(11)12/h5-6,10H,4H2,1-3H3,(H,11,12)/t5?,6-/m1/s1. The molecule has 1 rings (SSSR count). The molecule has 0 aromatic rings. The average Bonchev–Trinajstić information content (AvgIpc) is 2.28. The Morgan fingerprint density at radius 3 is 2.38 bits per heavy atom. The van der Waals surface area contributed by atoms with Crippen LogP contribution >= 0.6 is 0 Å². The van der Waals surface area contributed by atoms with Crippen LogP contribution < -0.4 is 0 Å². The zero-order chi connectivity index (χ0) is 10.2. The number of aliphatic hydroxyl groups excluding tert-OH is 1. The molecule has 0 saturated carbocycles. The number of carbonyl (C=O) groups is 1. The van der Waals surface area contributed by atoms with Gasteiger partial charge in [-0.25, -0.2) is 4.79 Å². The Morgan fingerprint density at radius 1 is 1.54 bits per heavy atom. The van der Waals surface area contributed by atoms with Gasteiger partial charge < -0.3 is 10.2 Å². The second-order valence-electron chi connectivity index (χ2n) is 4.28. The van der Waals surface area contributed by atoms with Crippen molar-refractivity contribution in [1.82, 2.24) is 5.06 Å². The van der Waals surface area contributed by atoms with Crippen LogP contribution in [0, 0.1) is 5.41 Å². The lowest BCUT2D eigenvalue weighted by atomic mass is 9.84. The lowest BCUT2D eigenvalue weighted by Gasteiger charge is -2.32. The van der Waals surface area contributed by atoms with Crippen LogP contribution in [0.25, 0.3) is 0 Å². The summed E-state index contributed by atoms with van der Waals surface area (Å²) in [6.45, 7) is 5.65. The summed E-state index contributed by atoms with van der Waals surface area (Å²) in [6.07, 6.45) is -1.90. The lowest BCUT2D eigenvalue weighted by Crippen LogP contribution is -2.46. The van der Waals surface area contributed by atoms with Crippen molar-refractivity contribution in [2.24, 2.45) is 5.41 Å². The molecule has 1 heterocycles. The van der Waals surface area contributed by atoms with Crippen LogP contribution in [-0.4, -0.2) is 40.1 Å². The Bertz CT molecular complexity index is 211. The minimum absolute atomic E-state index is 0.0498. The van der Waals surface area contributed by atoms with Gasteiger partial charge in [0.15, 0.2) is 0 Å². The van der Waals surface area contributed by atoms with Crippen molar-refractivity contribution < 1.29 is 19.8 Å². The summed E-state index contributed by atoms with van der Waals surface area (Å²) >= 11 is 0. The summed E-state index contributed by atoms with van der Waals surface area (Å²) in [5.74, 6) is 0. The number of hydrogen-bond donors (Lipinski definition) is 2. The summed E-state index contributed by atoms with van der Waals surface area (Å²) in [6, 6.07) is -0.495. The Morgan fingerprint density at radius 2 is 2.08 bits per heavy atom. The highest BCUT2D eigenvalue weighted by atomic mass is 16.7. The van der Waals surface area contributed by atoms with E-state index < -0.39 is 18.2 Å². The van der Waals surface area contributed by atoms with E-state index in [4.69, 9.17) is 9.94 Å². The van der Waals surface area contributed by atoms with Crippen molar-refractivity contribution in [2.45, 2.75) is 32.9 Å². The molecule has 2 N–H and O–H groups in total. The van der Waals surface area contributed by atoms with Crippen molar-refractivity contribution in [3.05, 3.63) is 0 Å². The molecule has 5 heteroatoms. The lowest BCUT2D eigenvalue weighted by molar-refractivity contribution is -0.120. The summed E-state index contributed by atoms with van der Waals surface area (Å²) in [4.78, 5) is 15.5. The largest absolute Gasteiger partial charge is 0.463 e. The molecule has 1 fully saturated rings. The van der Waals surface area contributed by atoms with E-state index in [2.05, 4.69) is 0 Å². The van der Waals surface area contributed by atoms with Gasteiger partial charge in [0, 0.05) is 0 Å². The molecule has 1 aliphatic heterocycles. The quantitative estimate of drug-likeness (QED) is 0.588. The SMILES string of the molecule is CC(C)(C)[C@H]1C(O)CON1C(=O)O. The fourth-order valence-corrected chi connectivity index (χ4v) is 1.59. The Labute approximate surface area is 76.9 Å². The summed E-state index contributed by atoms with van der Waals surface area (Å²) < 4.78 is 0. The summed E-state index contributed by atoms with van der Waals surface area (Å²) in [5, 5.41) is 19.1. The van der Waals surface area contributed by atoms with Crippen molar-refractivity contribution >= 4 is 6.09 Å². The van der Waals surface area contributed by atoms with Gasteiger partial charge in [-0.3, -0.25) is 4.84 Å². The number of hydroxylamine groups is 2. The maximum absolute atomic E-state index is 10.7. The van der Waals surface area contributed by atoms with E-state index in [1.54, 1.807) is 0 Å². The topological polar surface area (TPSA) is 70.0 Å². The first-order valence-electron chi connectivity index (χ1n) is 4.17. The van der Waals surface area contributed by atoms with Crippen LogP contribution in [0.5, 0.6) is 0 Å². The van der Waals surface area contributed by atoms with E-state index >= 15 is 0 Å². The normalized spacial score (nSPS) is 29.4. The second kappa shape index (κ2) is 3.16. The third kappa shape index (κ3) is 1.92. The van der Waals surface area contributed by atoms with Crippen molar-refractivity contribution in [1.29, 1.82) is 0 Å². The van der Waals surface area contributed by atoms with E-state index in [-0.39, 0.29) is 12.0 Å². The molecule has 0 radical (unpaired) electrons. The maximum Gasteiger partial charge on any atom is 0.431 e. The van der Waals surface area contributed by atoms with Crippen molar-refractivity contribution in [3.63, 3.8) is 0 Å². The van der Waals surface area contributed by atoms with Crippen LogP contribution in [0.3, 0.4) is 0 Å². The second-order valence-corrected chi connectivity index (χ2v) is 4.28. The van der Waals surface area contributed by atoms with Gasteiger partial charge >= 0.3 is 6.09 Å². The minimum Gasteiger partial charge on any atom is -0.463 e. The van der Waals surface area contributed by atoms with E-state index in [0.717, 1.165) is 5.06 Å². The van der Waals surface area contributed by atoms with Gasteiger partial charge in [-0.05, 0) is 5.41 Å². The van der Waals surface area contributed by atoms with Crippen molar-refractivity contribution in [3.8, 4) is 0 Å². The van der Waals surface area contributed by atoms with Gasteiger partial charge in [0.05, 0.1) is 6.04 Å². The first kappa shape index (κ1) is 10.3. The minimum atomic E-state index is -1.16. The molecule has 0 bridgehead atoms. The molecule has 0 spiro atoms. The van der Waals surface area contributed by atoms with Gasteiger partial charge in [-0.1, -0.05) is 20.8 Å². The highest BCUT2D eigenvalue weighted by molar-refractivity contribution is 5.64. The zero-order valence-corrected chi connectivity index (χ0v) is 8.02. The van der Waals surface area contributed by atoms with Crippen LogP contribution in [0.4, 0.5) is 4.79 Å². The van der Waals surface area contributed by atoms with E-state index in [1.807, 2.05) is 20.8 Å². The van der Waals surface area contributed by atoms with Gasteiger partial charge in [-0.2, -0.15) is 5.06 Å². The number of rotatable bonds is 0. The Hall–Kier alpha value is -0.810. The molecule has 1 aliphatic rings. The predicted molar refractivity (Wildman–Crippen MR) is 45.1 cm³/mol. The third-order valence-electron chi connectivity index (χ3n) is 2.08. The fraction of sp³-hybridized carbons (Fsp3) is 0.875. The molecule has 1 saturated heterocycles. The van der Waals surface area contributed by atoms with Gasteiger partial charge in [-0.15, -0.1) is 0 Å². The molecule has 5 nitrogen and oxygen atoms in total. The molecule has 13 heavy (non-hydrogen) atoms. The molecule has 76 valence electrons. The predicted octanol–water partition coefficient (Wildman–Crippen LogP) is 0.687. The highest BCUT2D eigenvalue weighted by Gasteiger charge is 2.44. The molecule has 0 aromatic heterocycles. The third-order valence-corrected chi connectivity index (χ3v) is 2.08. The first-order valence-corrected chi connectivity index (χ1v) is 4.17. The van der Waals surface area contributed by atoms with Gasteiger partial charge in [0.25, 0.3) is 0 Å². The van der Waals surface area contributed by atoms with Crippen molar-refractivity contribution in [2.75, 3.05) is 6.61 Å². The number of hydrogen-bond acceptors (Lipinski definition) is 3. The monoisotopic (exact) mass is 189 g/mol. The molecule has 0 aromatic carbocycles. The summed E-state index contributed by atoms with van der Waals surface area (Å²) in [7, 11) is 0. The molecule has 1 unspecified atom stereocenters. The number of nitrogens with zero attached hydrogens (tertiary/aromatic N) is 1. The van der Waals surface area contributed by atoms with Gasteiger partial charge in [0.2, 0.25) is 0 Å². The molecular weight excluding hydrogens is 174 g/mol. The maximum atomic E-state index is 10.7. The Balaban J connectivity index is 2.83. The zero-order valence-electron chi connectivity index (χ0n) is 8.02. The number of amides is 1. The first-order chi connectivity index (χ1) is 5.84. The fourth-order valence-electron chi connectivity index (χ4n) is 1.59. The average molecular weight is 189 g/mol. The van der Waals surface area contributed by atoms with Crippen LogP contribution in [0.15, 0.2) is 0 Å². The number of aliphatic hydroxyl groups is 1. The van der Waals surface area contributed by atoms with Crippen LogP contribution in [-0.2, 0) is 4.84 Å². The van der Waals surface area contributed by atoms with E-state index in [9.17, 15) is 9.90 Å². The van der Waals surface area contributed by atoms with E-state index in [1.165, 1.54) is 0 Å². The molecule has 0 aliphatic carbocycles. The van der Waals surface area contributed by atoms with Crippen LogP contribution in [0.1, 0.15) is 20.8 Å². The number of carboxylic acid groups (broad SMARTS) is 1. The molecule has 2 atom stereocenters. The molecular formula is C8H15NO4. The van der Waals surface area contributed by atoms with E-state index in [0.29, 0.717) is 0 Å². The Kier molecular flexibility index (Phi) is 2.49. The van der Waals surface area contributed by atoms with Crippen LogP contribution in [0.2, 0.25) is 0 Å². The summed E-state index contributed by atoms with van der Waals surface area (Å²) in [5.41, 5.74) is -0.325. The highest BCUT2D eigenvalue weighted by Crippen LogP contribution is 2.31.